The Hall–Kier alpha value is -1.63. The lowest BCUT2D eigenvalue weighted by Crippen LogP contribution is -1.93. The van der Waals surface area contributed by atoms with E-state index >= 15 is 0 Å². The van der Waals surface area contributed by atoms with Crippen LogP contribution in [0.15, 0.2) is 41.4 Å². The monoisotopic (exact) mass is 167 g/mol. The third-order valence-electron chi connectivity index (χ3n) is 2.51. The van der Waals surface area contributed by atoms with Crippen molar-refractivity contribution in [1.29, 1.82) is 0 Å². The standard InChI is InChI=1S/C12H9N/c1-3-9-5-2-6-11-12(9)10(4-1)7-8-13-11/h1-6,8H,7H2. The van der Waals surface area contributed by atoms with Crippen LogP contribution in [-0.4, -0.2) is 6.21 Å². The minimum Gasteiger partial charge on any atom is -0.260 e. The first-order chi connectivity index (χ1) is 6.45. The summed E-state index contributed by atoms with van der Waals surface area (Å²) in [5, 5.41) is 2.62. The zero-order valence-corrected chi connectivity index (χ0v) is 7.20. The maximum absolute atomic E-state index is 4.39. The molecule has 3 rings (SSSR count). The van der Waals surface area contributed by atoms with Crippen LogP contribution in [0.1, 0.15) is 5.56 Å². The molecule has 0 radical (unpaired) electrons. The predicted octanol–water partition coefficient (Wildman–Crippen LogP) is 3.10. The molecule has 0 aromatic heterocycles. The Morgan fingerprint density at radius 1 is 1.00 bits per heavy atom. The highest BCUT2D eigenvalue weighted by Crippen LogP contribution is 2.31. The molecule has 1 heterocycles. The summed E-state index contributed by atoms with van der Waals surface area (Å²) in [7, 11) is 0. The molecule has 2 aromatic rings. The van der Waals surface area contributed by atoms with Crippen LogP contribution >= 0.6 is 0 Å². The fourth-order valence-corrected chi connectivity index (χ4v) is 1.92. The van der Waals surface area contributed by atoms with Gasteiger partial charge in [-0.25, -0.2) is 0 Å². The Morgan fingerprint density at radius 3 is 2.77 bits per heavy atom. The first-order valence-corrected chi connectivity index (χ1v) is 4.48. The Morgan fingerprint density at radius 2 is 1.85 bits per heavy atom. The van der Waals surface area contributed by atoms with Gasteiger partial charge in [-0.05, 0) is 17.0 Å². The van der Waals surface area contributed by atoms with Crippen molar-refractivity contribution in [3.05, 3.63) is 42.0 Å². The van der Waals surface area contributed by atoms with Gasteiger partial charge >= 0.3 is 0 Å². The van der Waals surface area contributed by atoms with Gasteiger partial charge in [0, 0.05) is 18.0 Å². The van der Waals surface area contributed by atoms with E-state index in [1.165, 1.54) is 16.3 Å². The largest absolute Gasteiger partial charge is 0.260 e. The van der Waals surface area contributed by atoms with E-state index in [-0.39, 0.29) is 0 Å². The fraction of sp³-hybridized carbons (Fsp3) is 0.0833. The number of aliphatic imine (C=N–C) groups is 1. The fourth-order valence-electron chi connectivity index (χ4n) is 1.92. The molecular weight excluding hydrogens is 158 g/mol. The molecule has 0 fully saturated rings. The SMILES string of the molecule is C1=Nc2cccc3cccc(c23)C1. The normalized spacial score (nSPS) is 13.5. The second-order valence-corrected chi connectivity index (χ2v) is 3.31. The maximum atomic E-state index is 4.39. The van der Waals surface area contributed by atoms with E-state index in [2.05, 4.69) is 41.4 Å². The van der Waals surface area contributed by atoms with Crippen LogP contribution in [0.2, 0.25) is 0 Å². The van der Waals surface area contributed by atoms with Gasteiger partial charge in [-0.15, -0.1) is 0 Å². The third kappa shape index (κ3) is 0.903. The third-order valence-corrected chi connectivity index (χ3v) is 2.51. The van der Waals surface area contributed by atoms with Gasteiger partial charge in [0.1, 0.15) is 0 Å². The molecule has 0 amide bonds. The molecule has 1 nitrogen and oxygen atoms in total. The van der Waals surface area contributed by atoms with Crippen molar-refractivity contribution in [2.24, 2.45) is 4.99 Å². The molecule has 0 spiro atoms. The highest BCUT2D eigenvalue weighted by atomic mass is 14.7. The predicted molar refractivity (Wildman–Crippen MR) is 55.8 cm³/mol. The molecule has 0 saturated carbocycles. The number of hydrogen-bond donors (Lipinski definition) is 0. The maximum Gasteiger partial charge on any atom is 0.0707 e. The quantitative estimate of drug-likeness (QED) is 0.571. The van der Waals surface area contributed by atoms with Crippen molar-refractivity contribution >= 4 is 22.7 Å². The summed E-state index contributed by atoms with van der Waals surface area (Å²) in [5.41, 5.74) is 2.50. The van der Waals surface area contributed by atoms with Gasteiger partial charge in [-0.2, -0.15) is 0 Å². The molecule has 0 bridgehead atoms. The van der Waals surface area contributed by atoms with Gasteiger partial charge in [0.15, 0.2) is 0 Å². The van der Waals surface area contributed by atoms with E-state index in [4.69, 9.17) is 0 Å². The van der Waals surface area contributed by atoms with Crippen molar-refractivity contribution in [3.8, 4) is 0 Å². The van der Waals surface area contributed by atoms with Crippen molar-refractivity contribution in [2.75, 3.05) is 0 Å². The van der Waals surface area contributed by atoms with Crippen LogP contribution in [0.5, 0.6) is 0 Å². The minimum absolute atomic E-state index is 0.967. The minimum atomic E-state index is 0.967. The molecule has 1 heteroatoms. The molecule has 0 aliphatic carbocycles. The van der Waals surface area contributed by atoms with E-state index in [0.717, 1.165) is 12.1 Å². The Kier molecular flexibility index (Phi) is 1.28. The Labute approximate surface area is 76.7 Å². The van der Waals surface area contributed by atoms with Crippen molar-refractivity contribution in [2.45, 2.75) is 6.42 Å². The van der Waals surface area contributed by atoms with Crippen molar-refractivity contribution < 1.29 is 0 Å². The topological polar surface area (TPSA) is 12.4 Å². The van der Waals surface area contributed by atoms with E-state index in [1.54, 1.807) is 0 Å². The van der Waals surface area contributed by atoms with Crippen molar-refractivity contribution in [3.63, 3.8) is 0 Å². The molecule has 2 aromatic carbocycles. The Balaban J connectivity index is 2.56. The van der Waals surface area contributed by atoms with Crippen LogP contribution in [0.3, 0.4) is 0 Å². The first-order valence-electron chi connectivity index (χ1n) is 4.48. The second kappa shape index (κ2) is 2.43. The van der Waals surface area contributed by atoms with Gasteiger partial charge in [0.25, 0.3) is 0 Å². The highest BCUT2D eigenvalue weighted by Gasteiger charge is 2.07. The van der Waals surface area contributed by atoms with E-state index < -0.39 is 0 Å². The summed E-state index contributed by atoms with van der Waals surface area (Å²) in [6, 6.07) is 12.7. The number of hydrogen-bond acceptors (Lipinski definition) is 1. The van der Waals surface area contributed by atoms with Gasteiger partial charge in [-0.3, -0.25) is 4.99 Å². The second-order valence-electron chi connectivity index (χ2n) is 3.31. The average Bonchev–Trinajstić information content (AvgIpc) is 2.19. The molecule has 1 aliphatic heterocycles. The molecule has 62 valence electrons. The van der Waals surface area contributed by atoms with Crippen LogP contribution in [0.4, 0.5) is 5.69 Å². The van der Waals surface area contributed by atoms with Crippen LogP contribution < -0.4 is 0 Å². The summed E-state index contributed by atoms with van der Waals surface area (Å²) < 4.78 is 0. The van der Waals surface area contributed by atoms with E-state index in [1.807, 2.05) is 6.21 Å². The molecule has 1 aliphatic rings. The number of rotatable bonds is 0. The lowest BCUT2D eigenvalue weighted by Gasteiger charge is -2.10. The van der Waals surface area contributed by atoms with E-state index in [0.29, 0.717) is 0 Å². The van der Waals surface area contributed by atoms with Crippen LogP contribution in [0, 0.1) is 0 Å². The summed E-state index contributed by atoms with van der Waals surface area (Å²) in [4.78, 5) is 4.39. The Bertz CT molecular complexity index is 492. The first kappa shape index (κ1) is 6.84. The molecular formula is C12H9N. The molecule has 0 unspecified atom stereocenters. The number of nitrogens with zero attached hydrogens (tertiary/aromatic N) is 1. The van der Waals surface area contributed by atoms with Gasteiger partial charge < -0.3 is 0 Å². The zero-order chi connectivity index (χ0) is 8.67. The van der Waals surface area contributed by atoms with Crippen molar-refractivity contribution in [1.82, 2.24) is 0 Å². The molecule has 0 N–H and O–H groups in total. The van der Waals surface area contributed by atoms with Gasteiger partial charge in [0.2, 0.25) is 0 Å². The van der Waals surface area contributed by atoms with E-state index in [9.17, 15) is 0 Å². The lowest BCUT2D eigenvalue weighted by atomic mass is 9.99. The molecule has 13 heavy (non-hydrogen) atoms. The van der Waals surface area contributed by atoms with Crippen LogP contribution in [-0.2, 0) is 6.42 Å². The van der Waals surface area contributed by atoms with Crippen LogP contribution in [0.25, 0.3) is 10.8 Å². The lowest BCUT2D eigenvalue weighted by molar-refractivity contribution is 1.34. The van der Waals surface area contributed by atoms with Gasteiger partial charge in [-0.1, -0.05) is 30.3 Å². The smallest absolute Gasteiger partial charge is 0.0707 e. The molecule has 0 atom stereocenters. The summed E-state index contributed by atoms with van der Waals surface area (Å²) in [5.74, 6) is 0. The molecule has 0 saturated heterocycles. The number of benzene rings is 2. The van der Waals surface area contributed by atoms with Gasteiger partial charge in [0.05, 0.1) is 5.69 Å². The summed E-state index contributed by atoms with van der Waals surface area (Å²) >= 11 is 0. The highest BCUT2D eigenvalue weighted by molar-refractivity contribution is 5.99. The summed E-state index contributed by atoms with van der Waals surface area (Å²) in [6.45, 7) is 0. The summed E-state index contributed by atoms with van der Waals surface area (Å²) in [6.07, 6.45) is 2.95. The average molecular weight is 167 g/mol. The zero-order valence-electron chi connectivity index (χ0n) is 7.20.